The number of piperazine rings is 1. The maximum absolute atomic E-state index is 15.3. The standard InChI is InChI=1S/C29H25ClF5N5O2S/c1-14-10-39(11-15(2)37-14)27-19-7-20(29(33,34)35)24(18-8-21(30)23(32)9-22(18)31)26-25(19)40(28(41)38-27)12-17(13-43-26)42-16-3-5-36-6-4-16/h3-9,14-15,17,37H,10-13H2,1-2H3/t14-,15+,17-/m0/s1. The van der Waals surface area contributed by atoms with Gasteiger partial charge in [-0.2, -0.15) is 18.2 Å². The van der Waals surface area contributed by atoms with E-state index in [0.717, 1.165) is 23.9 Å². The van der Waals surface area contributed by atoms with Crippen LogP contribution in [0.3, 0.4) is 0 Å². The molecule has 0 spiro atoms. The molecular formula is C29H25ClF5N5O2S. The Morgan fingerprint density at radius 2 is 1.74 bits per heavy atom. The number of anilines is 1. The van der Waals surface area contributed by atoms with E-state index in [9.17, 15) is 22.4 Å². The molecule has 1 saturated heterocycles. The molecule has 4 aromatic rings. The molecule has 2 aliphatic rings. The second-order valence-electron chi connectivity index (χ2n) is 10.7. The van der Waals surface area contributed by atoms with Crippen molar-refractivity contribution in [1.82, 2.24) is 19.9 Å². The van der Waals surface area contributed by atoms with Gasteiger partial charge in [-0.15, -0.1) is 11.8 Å². The minimum absolute atomic E-state index is 0.00390. The molecule has 0 saturated carbocycles. The third-order valence-corrected chi connectivity index (χ3v) is 8.91. The van der Waals surface area contributed by atoms with Gasteiger partial charge in [0.05, 0.1) is 22.6 Å². The zero-order valence-corrected chi connectivity index (χ0v) is 24.5. The van der Waals surface area contributed by atoms with Gasteiger partial charge in [-0.25, -0.2) is 13.6 Å². The molecule has 2 aromatic heterocycles. The first kappa shape index (κ1) is 29.6. The number of hydrogen-bond acceptors (Lipinski definition) is 7. The van der Waals surface area contributed by atoms with Gasteiger partial charge in [0.25, 0.3) is 0 Å². The van der Waals surface area contributed by atoms with Crippen LogP contribution < -0.4 is 20.6 Å². The molecule has 4 heterocycles. The number of rotatable bonds is 4. The molecule has 6 rings (SSSR count). The highest BCUT2D eigenvalue weighted by molar-refractivity contribution is 7.99. The van der Waals surface area contributed by atoms with Gasteiger partial charge < -0.3 is 15.0 Å². The predicted molar refractivity (Wildman–Crippen MR) is 155 cm³/mol. The number of thioether (sulfide) groups is 1. The van der Waals surface area contributed by atoms with Crippen LogP contribution in [0.15, 0.2) is 52.4 Å². The molecule has 14 heteroatoms. The first-order chi connectivity index (χ1) is 20.4. The van der Waals surface area contributed by atoms with Gasteiger partial charge in [0.15, 0.2) is 0 Å². The summed E-state index contributed by atoms with van der Waals surface area (Å²) >= 11 is 6.96. The summed E-state index contributed by atoms with van der Waals surface area (Å²) in [5.41, 5.74) is -2.72. The van der Waals surface area contributed by atoms with Gasteiger partial charge in [-0.05, 0) is 38.1 Å². The Balaban J connectivity index is 1.66. The number of pyridine rings is 1. The Kier molecular flexibility index (Phi) is 7.76. The summed E-state index contributed by atoms with van der Waals surface area (Å²) in [4.78, 5) is 23.8. The molecule has 1 fully saturated rings. The van der Waals surface area contributed by atoms with Gasteiger partial charge in [0.1, 0.15) is 29.3 Å². The summed E-state index contributed by atoms with van der Waals surface area (Å²) in [6.45, 7) is 4.64. The van der Waals surface area contributed by atoms with E-state index >= 15 is 4.39 Å². The summed E-state index contributed by atoms with van der Waals surface area (Å²) in [5, 5.41) is 2.92. The van der Waals surface area contributed by atoms with Crippen LogP contribution in [0.4, 0.5) is 27.8 Å². The Bertz CT molecular complexity index is 1760. The van der Waals surface area contributed by atoms with Crippen LogP contribution in [0.2, 0.25) is 5.02 Å². The summed E-state index contributed by atoms with van der Waals surface area (Å²) < 4.78 is 81.4. The van der Waals surface area contributed by atoms with Crippen LogP contribution in [-0.2, 0) is 12.7 Å². The summed E-state index contributed by atoms with van der Waals surface area (Å²) in [6, 6.07) is 5.41. The zero-order valence-electron chi connectivity index (χ0n) is 22.9. The van der Waals surface area contributed by atoms with E-state index in [-0.39, 0.29) is 46.0 Å². The quantitative estimate of drug-likeness (QED) is 0.213. The van der Waals surface area contributed by atoms with Crippen molar-refractivity contribution >= 4 is 40.1 Å². The SMILES string of the molecule is C[C@@H]1CN(c2nc(=O)n3c4c(c(-c5cc(Cl)c(F)cc5F)c(C(F)(F)F)cc24)SC[C@@H](Oc2ccncc2)C3)C[C@H](C)N1. The van der Waals surface area contributed by atoms with E-state index in [1.807, 2.05) is 13.8 Å². The van der Waals surface area contributed by atoms with Crippen molar-refractivity contribution in [2.45, 2.75) is 49.7 Å². The molecule has 1 N–H and O–H groups in total. The fourth-order valence-corrected chi connectivity index (χ4v) is 7.17. The molecule has 0 aliphatic carbocycles. The highest BCUT2D eigenvalue weighted by Crippen LogP contribution is 2.49. The maximum Gasteiger partial charge on any atom is 0.417 e. The van der Waals surface area contributed by atoms with Crippen molar-refractivity contribution < 1.29 is 26.7 Å². The summed E-state index contributed by atoms with van der Waals surface area (Å²) in [6.07, 6.45) is -2.57. The van der Waals surface area contributed by atoms with Crippen LogP contribution in [-0.4, -0.2) is 51.6 Å². The third kappa shape index (κ3) is 5.65. The number of alkyl halides is 3. The Hall–Kier alpha value is -3.42. The average Bonchev–Trinajstić information content (AvgIpc) is 3.13. The molecule has 3 atom stereocenters. The van der Waals surface area contributed by atoms with E-state index in [1.54, 1.807) is 17.0 Å². The van der Waals surface area contributed by atoms with Crippen molar-refractivity contribution in [1.29, 1.82) is 0 Å². The van der Waals surface area contributed by atoms with Crippen molar-refractivity contribution in [2.75, 3.05) is 23.7 Å². The number of halogens is 6. The van der Waals surface area contributed by atoms with E-state index < -0.39 is 51.3 Å². The van der Waals surface area contributed by atoms with Gasteiger partial charge in [-0.1, -0.05) is 11.6 Å². The van der Waals surface area contributed by atoms with E-state index in [2.05, 4.69) is 15.3 Å². The molecule has 226 valence electrons. The highest BCUT2D eigenvalue weighted by Gasteiger charge is 2.40. The third-order valence-electron chi connectivity index (χ3n) is 7.39. The molecule has 0 unspecified atom stereocenters. The number of nitrogens with one attached hydrogen (secondary N) is 1. The lowest BCUT2D eigenvalue weighted by Crippen LogP contribution is -2.55. The summed E-state index contributed by atoms with van der Waals surface area (Å²) in [7, 11) is 0. The molecule has 2 aliphatic heterocycles. The molecule has 43 heavy (non-hydrogen) atoms. The fourth-order valence-electron chi connectivity index (χ4n) is 5.76. The van der Waals surface area contributed by atoms with Gasteiger partial charge in [-0.3, -0.25) is 9.55 Å². The van der Waals surface area contributed by atoms with Gasteiger partial charge in [0, 0.05) is 70.8 Å². The average molecular weight is 638 g/mol. The van der Waals surface area contributed by atoms with Crippen LogP contribution in [0, 0.1) is 11.6 Å². The second kappa shape index (κ2) is 11.3. The normalized spacial score (nSPS) is 20.7. The predicted octanol–water partition coefficient (Wildman–Crippen LogP) is 6.15. The smallest absolute Gasteiger partial charge is 0.417 e. The first-order valence-corrected chi connectivity index (χ1v) is 14.8. The lowest BCUT2D eigenvalue weighted by Gasteiger charge is -2.37. The minimum atomic E-state index is -4.95. The van der Waals surface area contributed by atoms with E-state index in [1.165, 1.54) is 17.0 Å². The van der Waals surface area contributed by atoms with Crippen molar-refractivity contribution in [3.8, 4) is 16.9 Å². The van der Waals surface area contributed by atoms with Crippen LogP contribution >= 0.6 is 23.4 Å². The summed E-state index contributed by atoms with van der Waals surface area (Å²) in [5.74, 6) is -1.64. The van der Waals surface area contributed by atoms with Crippen LogP contribution in [0.5, 0.6) is 5.75 Å². The highest BCUT2D eigenvalue weighted by atomic mass is 35.5. The molecule has 0 amide bonds. The molecule has 2 aromatic carbocycles. The van der Waals surface area contributed by atoms with Gasteiger partial charge in [0.2, 0.25) is 0 Å². The second-order valence-corrected chi connectivity index (χ2v) is 12.1. The molecule has 0 radical (unpaired) electrons. The van der Waals surface area contributed by atoms with E-state index in [0.29, 0.717) is 24.9 Å². The van der Waals surface area contributed by atoms with Crippen LogP contribution in [0.25, 0.3) is 22.0 Å². The largest absolute Gasteiger partial charge is 0.488 e. The van der Waals surface area contributed by atoms with Crippen molar-refractivity contribution in [2.24, 2.45) is 0 Å². The number of ether oxygens (including phenoxy) is 1. The number of nitrogens with zero attached hydrogens (tertiary/aromatic N) is 4. The van der Waals surface area contributed by atoms with E-state index in [4.69, 9.17) is 16.3 Å². The Morgan fingerprint density at radius 1 is 1.05 bits per heavy atom. The minimum Gasteiger partial charge on any atom is -0.488 e. The molecule has 7 nitrogen and oxygen atoms in total. The number of hydrogen-bond donors (Lipinski definition) is 1. The molecule has 0 bridgehead atoms. The number of aromatic nitrogens is 3. The Morgan fingerprint density at radius 3 is 2.42 bits per heavy atom. The fraction of sp³-hybridized carbons (Fsp3) is 0.345. The van der Waals surface area contributed by atoms with Crippen LogP contribution in [0.1, 0.15) is 19.4 Å². The monoisotopic (exact) mass is 637 g/mol. The molecular weight excluding hydrogens is 613 g/mol. The zero-order chi connectivity index (χ0) is 30.6. The topological polar surface area (TPSA) is 72.3 Å². The number of benzene rings is 2. The van der Waals surface area contributed by atoms with Crippen molar-refractivity contribution in [3.05, 3.63) is 75.4 Å². The Labute approximate surface area is 252 Å². The maximum atomic E-state index is 15.3. The van der Waals surface area contributed by atoms with Gasteiger partial charge >= 0.3 is 11.9 Å². The first-order valence-electron chi connectivity index (χ1n) is 13.4. The lowest BCUT2D eigenvalue weighted by molar-refractivity contribution is -0.137. The van der Waals surface area contributed by atoms with Crippen molar-refractivity contribution in [3.63, 3.8) is 0 Å². The lowest BCUT2D eigenvalue weighted by atomic mass is 9.95.